The molecule has 0 aliphatic heterocycles. The van der Waals surface area contributed by atoms with Crippen molar-refractivity contribution in [3.63, 3.8) is 0 Å². The predicted molar refractivity (Wildman–Crippen MR) is 75.4 cm³/mol. The SMILES string of the molecule is CCNC(c1cncc(Br)c1)c1ccnn1CC. The number of rotatable bonds is 5. The van der Waals surface area contributed by atoms with Gasteiger partial charge in [0.05, 0.1) is 11.7 Å². The molecule has 0 spiro atoms. The van der Waals surface area contributed by atoms with Crippen LogP contribution in [0.1, 0.15) is 31.1 Å². The third kappa shape index (κ3) is 2.79. The second-order valence-corrected chi connectivity index (χ2v) is 4.91. The van der Waals surface area contributed by atoms with E-state index in [0.717, 1.165) is 23.1 Å². The number of nitrogens with zero attached hydrogens (tertiary/aromatic N) is 3. The van der Waals surface area contributed by atoms with Crippen LogP contribution in [0.4, 0.5) is 0 Å². The molecule has 0 aliphatic rings. The van der Waals surface area contributed by atoms with Gasteiger partial charge in [0, 0.05) is 29.6 Å². The van der Waals surface area contributed by atoms with Crippen LogP contribution in [-0.2, 0) is 6.54 Å². The van der Waals surface area contributed by atoms with Crippen molar-refractivity contribution in [3.05, 3.63) is 46.5 Å². The van der Waals surface area contributed by atoms with Gasteiger partial charge in [0.2, 0.25) is 0 Å². The fourth-order valence-corrected chi connectivity index (χ4v) is 2.42. The van der Waals surface area contributed by atoms with E-state index in [4.69, 9.17) is 0 Å². The lowest BCUT2D eigenvalue weighted by Crippen LogP contribution is -2.25. The van der Waals surface area contributed by atoms with E-state index in [0.29, 0.717) is 0 Å². The van der Waals surface area contributed by atoms with Gasteiger partial charge in [0.25, 0.3) is 0 Å². The molecule has 2 aromatic rings. The highest BCUT2D eigenvalue weighted by Crippen LogP contribution is 2.23. The molecule has 0 saturated heterocycles. The highest BCUT2D eigenvalue weighted by molar-refractivity contribution is 9.10. The van der Waals surface area contributed by atoms with Crippen molar-refractivity contribution in [1.82, 2.24) is 20.1 Å². The molecule has 18 heavy (non-hydrogen) atoms. The van der Waals surface area contributed by atoms with Crippen LogP contribution in [0.2, 0.25) is 0 Å². The third-order valence-electron chi connectivity index (χ3n) is 2.81. The van der Waals surface area contributed by atoms with Gasteiger partial charge >= 0.3 is 0 Å². The molecule has 0 amide bonds. The van der Waals surface area contributed by atoms with Crippen LogP contribution in [0, 0.1) is 0 Å². The van der Waals surface area contributed by atoms with Gasteiger partial charge in [-0.3, -0.25) is 9.67 Å². The van der Waals surface area contributed by atoms with E-state index in [1.54, 1.807) is 6.20 Å². The quantitative estimate of drug-likeness (QED) is 0.923. The normalized spacial score (nSPS) is 12.6. The van der Waals surface area contributed by atoms with Gasteiger partial charge in [0.1, 0.15) is 0 Å². The number of nitrogens with one attached hydrogen (secondary N) is 1. The third-order valence-corrected chi connectivity index (χ3v) is 3.25. The average Bonchev–Trinajstić information content (AvgIpc) is 2.84. The lowest BCUT2D eigenvalue weighted by atomic mass is 10.1. The van der Waals surface area contributed by atoms with Gasteiger partial charge in [-0.05, 0) is 47.1 Å². The van der Waals surface area contributed by atoms with Crippen molar-refractivity contribution < 1.29 is 0 Å². The Labute approximate surface area is 116 Å². The van der Waals surface area contributed by atoms with E-state index in [9.17, 15) is 0 Å². The van der Waals surface area contributed by atoms with Crippen LogP contribution in [0.25, 0.3) is 0 Å². The molecule has 5 heteroatoms. The zero-order chi connectivity index (χ0) is 13.0. The maximum Gasteiger partial charge on any atom is 0.0763 e. The second kappa shape index (κ2) is 6.11. The Kier molecular flexibility index (Phi) is 4.49. The van der Waals surface area contributed by atoms with Gasteiger partial charge in [0.15, 0.2) is 0 Å². The van der Waals surface area contributed by atoms with Crippen molar-refractivity contribution in [1.29, 1.82) is 0 Å². The topological polar surface area (TPSA) is 42.7 Å². The smallest absolute Gasteiger partial charge is 0.0763 e. The van der Waals surface area contributed by atoms with Crippen LogP contribution in [0.3, 0.4) is 0 Å². The molecular weight excluding hydrogens is 292 g/mol. The average molecular weight is 309 g/mol. The molecule has 2 heterocycles. The molecule has 1 atom stereocenters. The minimum atomic E-state index is 0.127. The monoisotopic (exact) mass is 308 g/mol. The van der Waals surface area contributed by atoms with Crippen molar-refractivity contribution >= 4 is 15.9 Å². The Morgan fingerprint density at radius 2 is 2.22 bits per heavy atom. The number of pyridine rings is 1. The Hall–Kier alpha value is -1.20. The van der Waals surface area contributed by atoms with E-state index >= 15 is 0 Å². The summed E-state index contributed by atoms with van der Waals surface area (Å²) in [6, 6.07) is 4.27. The van der Waals surface area contributed by atoms with Crippen LogP contribution >= 0.6 is 15.9 Å². The number of aromatic nitrogens is 3. The predicted octanol–water partition coefficient (Wildman–Crippen LogP) is 2.76. The van der Waals surface area contributed by atoms with E-state index < -0.39 is 0 Å². The highest BCUT2D eigenvalue weighted by Gasteiger charge is 2.17. The molecule has 0 fully saturated rings. The molecule has 0 aliphatic carbocycles. The largest absolute Gasteiger partial charge is 0.305 e. The molecule has 0 aromatic carbocycles. The Bertz CT molecular complexity index is 509. The Morgan fingerprint density at radius 3 is 2.89 bits per heavy atom. The molecule has 2 rings (SSSR count). The maximum atomic E-state index is 4.33. The molecule has 1 unspecified atom stereocenters. The number of aryl methyl sites for hydroxylation is 1. The number of hydrogen-bond acceptors (Lipinski definition) is 3. The molecule has 0 bridgehead atoms. The van der Waals surface area contributed by atoms with Crippen LogP contribution in [-0.4, -0.2) is 21.3 Å². The van der Waals surface area contributed by atoms with Crippen molar-refractivity contribution in [2.75, 3.05) is 6.54 Å². The summed E-state index contributed by atoms with van der Waals surface area (Å²) in [5.41, 5.74) is 2.31. The van der Waals surface area contributed by atoms with Crippen molar-refractivity contribution in [2.45, 2.75) is 26.4 Å². The van der Waals surface area contributed by atoms with Gasteiger partial charge < -0.3 is 5.32 Å². The summed E-state index contributed by atoms with van der Waals surface area (Å²) >= 11 is 3.47. The van der Waals surface area contributed by atoms with Crippen molar-refractivity contribution in [3.8, 4) is 0 Å². The summed E-state index contributed by atoms with van der Waals surface area (Å²) in [7, 11) is 0. The fraction of sp³-hybridized carbons (Fsp3) is 0.385. The second-order valence-electron chi connectivity index (χ2n) is 4.00. The summed E-state index contributed by atoms with van der Waals surface area (Å²) in [6.07, 6.45) is 5.53. The number of halogens is 1. The van der Waals surface area contributed by atoms with Crippen LogP contribution in [0.5, 0.6) is 0 Å². The summed E-state index contributed by atoms with van der Waals surface area (Å²) in [4.78, 5) is 4.24. The van der Waals surface area contributed by atoms with Gasteiger partial charge in [-0.1, -0.05) is 6.92 Å². The van der Waals surface area contributed by atoms with Gasteiger partial charge in [-0.15, -0.1) is 0 Å². The first kappa shape index (κ1) is 13.2. The molecule has 0 saturated carbocycles. The lowest BCUT2D eigenvalue weighted by Gasteiger charge is -2.19. The summed E-state index contributed by atoms with van der Waals surface area (Å²) in [6.45, 7) is 5.96. The van der Waals surface area contributed by atoms with Crippen LogP contribution < -0.4 is 5.32 Å². The standard InChI is InChI=1S/C13H17BrN4/c1-3-16-13(10-7-11(14)9-15-8-10)12-5-6-17-18(12)4-2/h5-9,13,16H,3-4H2,1-2H3. The Morgan fingerprint density at radius 1 is 1.39 bits per heavy atom. The molecule has 0 radical (unpaired) electrons. The molecular formula is C13H17BrN4. The first-order chi connectivity index (χ1) is 8.76. The highest BCUT2D eigenvalue weighted by atomic mass is 79.9. The minimum absolute atomic E-state index is 0.127. The van der Waals surface area contributed by atoms with E-state index in [1.165, 1.54) is 5.69 Å². The van der Waals surface area contributed by atoms with Gasteiger partial charge in [-0.2, -0.15) is 5.10 Å². The summed E-state index contributed by atoms with van der Waals surface area (Å²) in [5, 5.41) is 7.81. The zero-order valence-corrected chi connectivity index (χ0v) is 12.2. The molecule has 2 aromatic heterocycles. The fourth-order valence-electron chi connectivity index (χ4n) is 2.04. The van der Waals surface area contributed by atoms with Gasteiger partial charge in [-0.25, -0.2) is 0 Å². The molecule has 4 nitrogen and oxygen atoms in total. The minimum Gasteiger partial charge on any atom is -0.305 e. The number of hydrogen-bond donors (Lipinski definition) is 1. The molecule has 96 valence electrons. The van der Waals surface area contributed by atoms with E-state index in [2.05, 4.69) is 57.3 Å². The lowest BCUT2D eigenvalue weighted by molar-refractivity contribution is 0.541. The Balaban J connectivity index is 2.39. The van der Waals surface area contributed by atoms with E-state index in [-0.39, 0.29) is 6.04 Å². The summed E-state index contributed by atoms with van der Waals surface area (Å²) in [5.74, 6) is 0. The first-order valence-corrected chi connectivity index (χ1v) is 6.91. The van der Waals surface area contributed by atoms with Crippen LogP contribution in [0.15, 0.2) is 35.2 Å². The van der Waals surface area contributed by atoms with E-state index in [1.807, 2.05) is 17.1 Å². The van der Waals surface area contributed by atoms with Crippen molar-refractivity contribution in [2.24, 2.45) is 0 Å². The first-order valence-electron chi connectivity index (χ1n) is 6.11. The maximum absolute atomic E-state index is 4.33. The summed E-state index contributed by atoms with van der Waals surface area (Å²) < 4.78 is 3.00. The zero-order valence-electron chi connectivity index (χ0n) is 10.6. The molecule has 1 N–H and O–H groups in total.